The highest BCUT2D eigenvalue weighted by Crippen LogP contribution is 2.22. The molecule has 1 aromatic heterocycles. The average Bonchev–Trinajstić information content (AvgIpc) is 3.08. The Labute approximate surface area is 164 Å². The number of halogens is 3. The highest BCUT2D eigenvalue weighted by atomic mass is 35.5. The number of rotatable bonds is 6. The molecule has 1 aromatic carbocycles. The van der Waals surface area contributed by atoms with Gasteiger partial charge in [0.2, 0.25) is 5.91 Å². The molecule has 1 aliphatic rings. The van der Waals surface area contributed by atoms with Gasteiger partial charge in [-0.1, -0.05) is 6.07 Å². The molecule has 3 rings (SSSR count). The van der Waals surface area contributed by atoms with Crippen molar-refractivity contribution in [2.45, 2.75) is 31.9 Å². The first kappa shape index (κ1) is 22.2. The molecule has 142 valence electrons. The second kappa shape index (κ2) is 11.0. The summed E-state index contributed by atoms with van der Waals surface area (Å²) in [4.78, 5) is 16.1. The van der Waals surface area contributed by atoms with E-state index in [1.165, 1.54) is 12.1 Å². The highest BCUT2D eigenvalue weighted by molar-refractivity contribution is 5.91. The Morgan fingerprint density at radius 3 is 2.81 bits per heavy atom. The van der Waals surface area contributed by atoms with Crippen molar-refractivity contribution in [3.05, 3.63) is 54.1 Å². The molecule has 1 aliphatic heterocycles. The molecule has 8 heteroatoms. The molecule has 2 aromatic rings. The quantitative estimate of drug-likeness (QED) is 0.773. The predicted octanol–water partition coefficient (Wildman–Crippen LogP) is 3.72. The molecule has 1 amide bonds. The van der Waals surface area contributed by atoms with Crippen molar-refractivity contribution < 1.29 is 13.9 Å². The number of pyridine rings is 1. The van der Waals surface area contributed by atoms with Gasteiger partial charge in [-0.2, -0.15) is 0 Å². The average molecular weight is 402 g/mol. The third kappa shape index (κ3) is 6.44. The van der Waals surface area contributed by atoms with Crippen LogP contribution in [-0.4, -0.2) is 23.5 Å². The SMILES string of the molecule is Cl.Cl.O=C(CC1CCCN1)Nc1ccc(OCc2ccccn2)c(F)c1. The van der Waals surface area contributed by atoms with Crippen molar-refractivity contribution >= 4 is 36.4 Å². The molecule has 26 heavy (non-hydrogen) atoms. The number of hydrogen-bond donors (Lipinski definition) is 2. The maximum atomic E-state index is 14.1. The van der Waals surface area contributed by atoms with E-state index in [0.29, 0.717) is 12.1 Å². The van der Waals surface area contributed by atoms with Crippen LogP contribution in [0.5, 0.6) is 5.75 Å². The van der Waals surface area contributed by atoms with Gasteiger partial charge in [-0.25, -0.2) is 4.39 Å². The van der Waals surface area contributed by atoms with Crippen LogP contribution in [0.4, 0.5) is 10.1 Å². The Morgan fingerprint density at radius 2 is 2.15 bits per heavy atom. The van der Waals surface area contributed by atoms with E-state index < -0.39 is 5.82 Å². The lowest BCUT2D eigenvalue weighted by Gasteiger charge is -2.12. The summed E-state index contributed by atoms with van der Waals surface area (Å²) in [5.41, 5.74) is 1.15. The first-order chi connectivity index (χ1) is 11.7. The van der Waals surface area contributed by atoms with Crippen LogP contribution in [0, 0.1) is 5.82 Å². The topological polar surface area (TPSA) is 63.2 Å². The number of anilines is 1. The van der Waals surface area contributed by atoms with Gasteiger partial charge in [0.1, 0.15) is 6.61 Å². The Bertz CT molecular complexity index is 698. The van der Waals surface area contributed by atoms with Crippen molar-refractivity contribution in [1.29, 1.82) is 0 Å². The van der Waals surface area contributed by atoms with Crippen LogP contribution >= 0.6 is 24.8 Å². The van der Waals surface area contributed by atoms with E-state index in [1.54, 1.807) is 12.3 Å². The van der Waals surface area contributed by atoms with E-state index in [2.05, 4.69) is 15.6 Å². The van der Waals surface area contributed by atoms with E-state index in [4.69, 9.17) is 4.74 Å². The zero-order valence-corrected chi connectivity index (χ0v) is 15.7. The van der Waals surface area contributed by atoms with Crippen molar-refractivity contribution in [2.24, 2.45) is 0 Å². The van der Waals surface area contributed by atoms with Gasteiger partial charge in [0, 0.05) is 30.4 Å². The van der Waals surface area contributed by atoms with Gasteiger partial charge in [0.05, 0.1) is 5.69 Å². The number of nitrogens with one attached hydrogen (secondary N) is 2. The third-order valence-electron chi connectivity index (χ3n) is 3.91. The maximum absolute atomic E-state index is 14.1. The summed E-state index contributed by atoms with van der Waals surface area (Å²) in [5, 5.41) is 5.99. The Hall–Kier alpha value is -1.89. The fraction of sp³-hybridized carbons (Fsp3) is 0.333. The summed E-state index contributed by atoms with van der Waals surface area (Å²) in [5.74, 6) is -0.491. The van der Waals surface area contributed by atoms with Crippen LogP contribution < -0.4 is 15.4 Å². The van der Waals surface area contributed by atoms with Crippen LogP contribution in [0.2, 0.25) is 0 Å². The number of amides is 1. The third-order valence-corrected chi connectivity index (χ3v) is 3.91. The summed E-state index contributed by atoms with van der Waals surface area (Å²) in [6, 6.07) is 10.1. The summed E-state index contributed by atoms with van der Waals surface area (Å²) < 4.78 is 19.5. The summed E-state index contributed by atoms with van der Waals surface area (Å²) in [6.07, 6.45) is 4.16. The standard InChI is InChI=1S/C18H20FN3O2.2ClH/c19-16-10-14(22-18(23)11-13-5-3-9-20-13)6-7-17(16)24-12-15-4-1-2-8-21-15;;/h1-2,4,6-8,10,13,20H,3,5,9,11-12H2,(H,22,23);2*1H. The van der Waals surface area contributed by atoms with Gasteiger partial charge >= 0.3 is 0 Å². The zero-order valence-electron chi connectivity index (χ0n) is 14.1. The van der Waals surface area contributed by atoms with E-state index in [1.807, 2.05) is 18.2 Å². The number of carbonyl (C=O) groups excluding carboxylic acids is 1. The second-order valence-electron chi connectivity index (χ2n) is 5.80. The van der Waals surface area contributed by atoms with Crippen LogP contribution in [0.15, 0.2) is 42.6 Å². The molecule has 1 unspecified atom stereocenters. The fourth-order valence-electron chi connectivity index (χ4n) is 2.70. The summed E-state index contributed by atoms with van der Waals surface area (Å²) in [6.45, 7) is 1.14. The molecule has 2 heterocycles. The van der Waals surface area contributed by atoms with Crippen molar-refractivity contribution in [3.63, 3.8) is 0 Å². The van der Waals surface area contributed by atoms with E-state index >= 15 is 0 Å². The van der Waals surface area contributed by atoms with Gasteiger partial charge in [0.15, 0.2) is 11.6 Å². The number of aromatic nitrogens is 1. The molecular formula is C18H22Cl2FN3O2. The lowest BCUT2D eigenvalue weighted by atomic mass is 10.1. The van der Waals surface area contributed by atoms with E-state index in [-0.39, 0.29) is 49.1 Å². The molecule has 0 spiro atoms. The molecule has 0 radical (unpaired) electrons. The summed E-state index contributed by atoms with van der Waals surface area (Å²) >= 11 is 0. The minimum atomic E-state index is -0.511. The minimum Gasteiger partial charge on any atom is -0.484 e. The highest BCUT2D eigenvalue weighted by Gasteiger charge is 2.18. The van der Waals surface area contributed by atoms with Gasteiger partial charge in [-0.05, 0) is 43.7 Å². The molecule has 2 N–H and O–H groups in total. The molecule has 0 bridgehead atoms. The number of benzene rings is 1. The lowest BCUT2D eigenvalue weighted by Crippen LogP contribution is -2.27. The lowest BCUT2D eigenvalue weighted by molar-refractivity contribution is -0.116. The van der Waals surface area contributed by atoms with Crippen LogP contribution in [0.25, 0.3) is 0 Å². The summed E-state index contributed by atoms with van der Waals surface area (Å²) in [7, 11) is 0. The second-order valence-corrected chi connectivity index (χ2v) is 5.80. The van der Waals surface area contributed by atoms with Crippen molar-refractivity contribution in [3.8, 4) is 5.75 Å². The van der Waals surface area contributed by atoms with Gasteiger partial charge < -0.3 is 15.4 Å². The molecule has 1 fully saturated rings. The minimum absolute atomic E-state index is 0. The molecule has 1 saturated heterocycles. The van der Waals surface area contributed by atoms with Gasteiger partial charge in [0.25, 0.3) is 0 Å². The predicted molar refractivity (Wildman–Crippen MR) is 104 cm³/mol. The Kier molecular flexibility index (Phi) is 9.34. The van der Waals surface area contributed by atoms with Crippen LogP contribution in [0.1, 0.15) is 25.0 Å². The molecular weight excluding hydrogens is 380 g/mol. The number of ether oxygens (including phenoxy) is 1. The number of hydrogen-bond acceptors (Lipinski definition) is 4. The van der Waals surface area contributed by atoms with Crippen molar-refractivity contribution in [1.82, 2.24) is 10.3 Å². The van der Waals surface area contributed by atoms with Gasteiger partial charge in [-0.3, -0.25) is 9.78 Å². The van der Waals surface area contributed by atoms with Crippen LogP contribution in [0.3, 0.4) is 0 Å². The largest absolute Gasteiger partial charge is 0.484 e. The first-order valence-electron chi connectivity index (χ1n) is 8.06. The number of carbonyl (C=O) groups is 1. The molecule has 0 aliphatic carbocycles. The van der Waals surface area contributed by atoms with Gasteiger partial charge in [-0.15, -0.1) is 24.8 Å². The Balaban J connectivity index is 0.00000169. The number of nitrogens with zero attached hydrogens (tertiary/aromatic N) is 1. The Morgan fingerprint density at radius 1 is 1.31 bits per heavy atom. The van der Waals surface area contributed by atoms with E-state index in [9.17, 15) is 9.18 Å². The monoisotopic (exact) mass is 401 g/mol. The molecule has 1 atom stereocenters. The van der Waals surface area contributed by atoms with Crippen molar-refractivity contribution in [2.75, 3.05) is 11.9 Å². The normalized spacial score (nSPS) is 15.5. The zero-order chi connectivity index (χ0) is 16.8. The molecule has 5 nitrogen and oxygen atoms in total. The smallest absolute Gasteiger partial charge is 0.225 e. The fourth-order valence-corrected chi connectivity index (χ4v) is 2.70. The first-order valence-corrected chi connectivity index (χ1v) is 8.06. The van der Waals surface area contributed by atoms with E-state index in [0.717, 1.165) is 25.1 Å². The maximum Gasteiger partial charge on any atom is 0.225 e. The van der Waals surface area contributed by atoms with Crippen LogP contribution in [-0.2, 0) is 11.4 Å². The molecule has 0 saturated carbocycles.